The van der Waals surface area contributed by atoms with Crippen LogP contribution in [0.25, 0.3) is 0 Å². The van der Waals surface area contributed by atoms with Gasteiger partial charge in [0.2, 0.25) is 5.75 Å². The highest BCUT2D eigenvalue weighted by Crippen LogP contribution is 2.38. The van der Waals surface area contributed by atoms with Crippen molar-refractivity contribution in [2.45, 2.75) is 20.4 Å². The molecule has 0 aliphatic rings. The zero-order valence-electron chi connectivity index (χ0n) is 13.9. The summed E-state index contributed by atoms with van der Waals surface area (Å²) in [4.78, 5) is 16.5. The highest BCUT2D eigenvalue weighted by molar-refractivity contribution is 5.95. The molecular formula is C16H20N2O5. The molecule has 0 aliphatic heterocycles. The molecular weight excluding hydrogens is 300 g/mol. The third-order valence-corrected chi connectivity index (χ3v) is 3.34. The fraction of sp³-hybridized carbons (Fsp3) is 0.375. The van der Waals surface area contributed by atoms with Crippen LogP contribution in [0.1, 0.15) is 27.7 Å². The number of oxazole rings is 1. The fourth-order valence-electron chi connectivity index (χ4n) is 2.21. The van der Waals surface area contributed by atoms with Crippen molar-refractivity contribution in [3.63, 3.8) is 0 Å². The minimum Gasteiger partial charge on any atom is -0.493 e. The molecule has 2 rings (SSSR count). The van der Waals surface area contributed by atoms with Gasteiger partial charge < -0.3 is 23.9 Å². The van der Waals surface area contributed by atoms with Crippen molar-refractivity contribution in [3.8, 4) is 17.2 Å². The molecule has 0 saturated heterocycles. The number of amides is 1. The number of aryl methyl sites for hydroxylation is 2. The zero-order chi connectivity index (χ0) is 17.0. The summed E-state index contributed by atoms with van der Waals surface area (Å²) in [6.07, 6.45) is 0. The monoisotopic (exact) mass is 320 g/mol. The Kier molecular flexibility index (Phi) is 5.10. The van der Waals surface area contributed by atoms with Crippen molar-refractivity contribution in [2.75, 3.05) is 21.3 Å². The van der Waals surface area contributed by atoms with Crippen molar-refractivity contribution in [2.24, 2.45) is 0 Å². The van der Waals surface area contributed by atoms with E-state index in [4.69, 9.17) is 18.6 Å². The molecule has 7 nitrogen and oxygen atoms in total. The molecule has 0 saturated carbocycles. The second-order valence-corrected chi connectivity index (χ2v) is 4.84. The van der Waals surface area contributed by atoms with Crippen LogP contribution in [0.15, 0.2) is 16.5 Å². The molecule has 0 aliphatic carbocycles. The van der Waals surface area contributed by atoms with Crippen LogP contribution in [-0.2, 0) is 6.54 Å². The number of nitrogens with one attached hydrogen (secondary N) is 1. The van der Waals surface area contributed by atoms with Gasteiger partial charge in [0.25, 0.3) is 5.91 Å². The number of hydrogen-bond donors (Lipinski definition) is 1. The number of methoxy groups -OCH3 is 3. The number of aromatic nitrogens is 1. The van der Waals surface area contributed by atoms with Crippen molar-refractivity contribution in [1.82, 2.24) is 10.3 Å². The van der Waals surface area contributed by atoms with Gasteiger partial charge in [-0.1, -0.05) is 0 Å². The van der Waals surface area contributed by atoms with Crippen molar-refractivity contribution in [1.29, 1.82) is 0 Å². The van der Waals surface area contributed by atoms with Crippen LogP contribution in [0.5, 0.6) is 17.2 Å². The molecule has 23 heavy (non-hydrogen) atoms. The summed E-state index contributed by atoms with van der Waals surface area (Å²) < 4.78 is 21.1. The molecule has 2 aromatic rings. The number of benzene rings is 1. The second kappa shape index (κ2) is 7.04. The summed E-state index contributed by atoms with van der Waals surface area (Å²) in [6.45, 7) is 3.84. The van der Waals surface area contributed by atoms with E-state index >= 15 is 0 Å². The maximum absolute atomic E-state index is 12.3. The van der Waals surface area contributed by atoms with E-state index in [-0.39, 0.29) is 12.5 Å². The Bertz CT molecular complexity index is 683. The quantitative estimate of drug-likeness (QED) is 0.879. The summed E-state index contributed by atoms with van der Waals surface area (Å²) in [6, 6.07) is 3.18. The molecule has 0 bridgehead atoms. The van der Waals surface area contributed by atoms with Gasteiger partial charge in [0.1, 0.15) is 5.76 Å². The topological polar surface area (TPSA) is 82.8 Å². The Hall–Kier alpha value is -2.70. The molecule has 1 heterocycles. The van der Waals surface area contributed by atoms with Gasteiger partial charge in [-0.25, -0.2) is 4.98 Å². The van der Waals surface area contributed by atoms with Gasteiger partial charge in [0, 0.05) is 12.5 Å². The Morgan fingerprint density at radius 3 is 2.17 bits per heavy atom. The summed E-state index contributed by atoms with van der Waals surface area (Å²) in [5.41, 5.74) is 1.15. The predicted octanol–water partition coefficient (Wildman–Crippen LogP) is 2.25. The third-order valence-electron chi connectivity index (χ3n) is 3.34. The maximum atomic E-state index is 12.3. The maximum Gasteiger partial charge on any atom is 0.251 e. The fourth-order valence-corrected chi connectivity index (χ4v) is 2.21. The van der Waals surface area contributed by atoms with Gasteiger partial charge in [-0.15, -0.1) is 0 Å². The van der Waals surface area contributed by atoms with Crippen molar-refractivity contribution in [3.05, 3.63) is 35.0 Å². The van der Waals surface area contributed by atoms with Crippen LogP contribution in [0.3, 0.4) is 0 Å². The SMILES string of the molecule is COc1cc(C(=O)NCc2oc(C)nc2C)cc(OC)c1OC. The Morgan fingerprint density at radius 1 is 1.13 bits per heavy atom. The molecule has 7 heteroatoms. The normalized spacial score (nSPS) is 10.3. The minimum absolute atomic E-state index is 0.252. The average molecular weight is 320 g/mol. The van der Waals surface area contributed by atoms with Crippen LogP contribution in [-0.4, -0.2) is 32.2 Å². The molecule has 1 amide bonds. The van der Waals surface area contributed by atoms with Crippen molar-refractivity contribution >= 4 is 5.91 Å². The molecule has 0 atom stereocenters. The summed E-state index contributed by atoms with van der Waals surface area (Å²) in [5, 5.41) is 2.78. The highest BCUT2D eigenvalue weighted by Gasteiger charge is 2.17. The summed E-state index contributed by atoms with van der Waals surface area (Å²) >= 11 is 0. The first-order valence-electron chi connectivity index (χ1n) is 7.01. The van der Waals surface area contributed by atoms with Crippen molar-refractivity contribution < 1.29 is 23.4 Å². The largest absolute Gasteiger partial charge is 0.493 e. The van der Waals surface area contributed by atoms with Crippen LogP contribution in [0, 0.1) is 13.8 Å². The minimum atomic E-state index is -0.280. The van der Waals surface area contributed by atoms with E-state index < -0.39 is 0 Å². The highest BCUT2D eigenvalue weighted by atomic mass is 16.5. The summed E-state index contributed by atoms with van der Waals surface area (Å²) in [7, 11) is 4.51. The molecule has 124 valence electrons. The van der Waals surface area contributed by atoms with E-state index in [1.54, 1.807) is 19.1 Å². The number of carbonyl (C=O) groups excluding carboxylic acids is 1. The predicted molar refractivity (Wildman–Crippen MR) is 83.2 cm³/mol. The number of nitrogens with zero attached hydrogens (tertiary/aromatic N) is 1. The first kappa shape index (κ1) is 16.7. The van der Waals surface area contributed by atoms with Crippen LogP contribution >= 0.6 is 0 Å². The van der Waals surface area contributed by atoms with E-state index in [1.807, 2.05) is 6.92 Å². The van der Waals surface area contributed by atoms with E-state index in [1.165, 1.54) is 21.3 Å². The second-order valence-electron chi connectivity index (χ2n) is 4.84. The van der Waals surface area contributed by atoms with Crippen LogP contribution in [0.2, 0.25) is 0 Å². The first-order chi connectivity index (χ1) is 11.0. The summed E-state index contributed by atoms with van der Waals surface area (Å²) in [5.74, 6) is 2.20. The number of carbonyl (C=O) groups is 1. The number of rotatable bonds is 6. The number of hydrogen-bond acceptors (Lipinski definition) is 6. The Balaban J connectivity index is 2.20. The van der Waals surface area contributed by atoms with Gasteiger partial charge >= 0.3 is 0 Å². The third kappa shape index (κ3) is 3.56. The zero-order valence-corrected chi connectivity index (χ0v) is 13.9. The van der Waals surface area contributed by atoms with Gasteiger partial charge in [-0.05, 0) is 19.1 Å². The Morgan fingerprint density at radius 2 is 1.74 bits per heavy atom. The molecule has 1 aromatic heterocycles. The van der Waals surface area contributed by atoms with Gasteiger partial charge in [-0.2, -0.15) is 0 Å². The lowest BCUT2D eigenvalue weighted by Crippen LogP contribution is -2.23. The van der Waals surface area contributed by atoms with Gasteiger partial charge in [0.05, 0.1) is 33.6 Å². The standard InChI is InChI=1S/C16H20N2O5/c1-9-14(23-10(2)18-9)8-17-16(19)11-6-12(20-3)15(22-5)13(7-11)21-4/h6-7H,8H2,1-5H3,(H,17,19). The van der Waals surface area contributed by atoms with E-state index in [2.05, 4.69) is 10.3 Å². The average Bonchev–Trinajstić information content (AvgIpc) is 2.88. The molecule has 0 spiro atoms. The number of ether oxygens (including phenoxy) is 3. The molecule has 1 aromatic carbocycles. The van der Waals surface area contributed by atoms with Gasteiger partial charge in [-0.3, -0.25) is 4.79 Å². The van der Waals surface area contributed by atoms with Gasteiger partial charge in [0.15, 0.2) is 17.4 Å². The molecule has 1 N–H and O–H groups in total. The first-order valence-corrected chi connectivity index (χ1v) is 7.01. The van der Waals surface area contributed by atoms with Crippen LogP contribution in [0.4, 0.5) is 0 Å². The van der Waals surface area contributed by atoms with Crippen LogP contribution < -0.4 is 19.5 Å². The lowest BCUT2D eigenvalue weighted by atomic mass is 10.1. The van der Waals surface area contributed by atoms with E-state index in [9.17, 15) is 4.79 Å². The Labute approximate surface area is 134 Å². The lowest BCUT2D eigenvalue weighted by molar-refractivity contribution is 0.0947. The molecule has 0 fully saturated rings. The van der Waals surface area contributed by atoms with E-state index in [0.29, 0.717) is 34.5 Å². The van der Waals surface area contributed by atoms with E-state index in [0.717, 1.165) is 5.69 Å². The smallest absolute Gasteiger partial charge is 0.251 e. The molecule has 0 unspecified atom stereocenters. The lowest BCUT2D eigenvalue weighted by Gasteiger charge is -2.14. The molecule has 0 radical (unpaired) electrons.